The molecule has 7 heteroatoms. The summed E-state index contributed by atoms with van der Waals surface area (Å²) in [5.41, 5.74) is 1.57. The number of nitrogens with one attached hydrogen (secondary N) is 2. The summed E-state index contributed by atoms with van der Waals surface area (Å²) in [6.45, 7) is 6.49. The average Bonchev–Trinajstić information content (AvgIpc) is 2.55. The van der Waals surface area contributed by atoms with Crippen LogP contribution in [0.2, 0.25) is 0 Å². The van der Waals surface area contributed by atoms with Crippen molar-refractivity contribution in [1.82, 2.24) is 10.6 Å². The SMILES string of the molecule is CCNC(=NCCc1cc(F)cc2c1OCOC2)NC(C)COC. The van der Waals surface area contributed by atoms with Crippen LogP contribution in [-0.4, -0.2) is 45.6 Å². The van der Waals surface area contributed by atoms with Crippen molar-refractivity contribution < 1.29 is 18.6 Å². The summed E-state index contributed by atoms with van der Waals surface area (Å²) < 4.78 is 29.6. The van der Waals surface area contributed by atoms with Gasteiger partial charge in [-0.25, -0.2) is 4.39 Å². The van der Waals surface area contributed by atoms with E-state index in [9.17, 15) is 4.39 Å². The third kappa shape index (κ3) is 5.35. The number of hydrogen-bond donors (Lipinski definition) is 2. The van der Waals surface area contributed by atoms with Gasteiger partial charge in [0.1, 0.15) is 11.6 Å². The van der Waals surface area contributed by atoms with Gasteiger partial charge in [0.05, 0.1) is 13.2 Å². The minimum absolute atomic E-state index is 0.148. The largest absolute Gasteiger partial charge is 0.467 e. The van der Waals surface area contributed by atoms with Crippen LogP contribution in [-0.2, 0) is 22.5 Å². The van der Waals surface area contributed by atoms with Crippen LogP contribution in [0, 0.1) is 5.82 Å². The molecule has 2 N–H and O–H groups in total. The summed E-state index contributed by atoms with van der Waals surface area (Å²) in [5, 5.41) is 6.46. The molecule has 0 fully saturated rings. The van der Waals surface area contributed by atoms with Crippen LogP contribution < -0.4 is 15.4 Å². The Labute approximate surface area is 142 Å². The van der Waals surface area contributed by atoms with Crippen molar-refractivity contribution in [3.8, 4) is 5.75 Å². The van der Waals surface area contributed by atoms with Crippen molar-refractivity contribution in [2.45, 2.75) is 32.9 Å². The lowest BCUT2D eigenvalue weighted by Crippen LogP contribution is -2.44. The molecule has 0 amide bonds. The molecule has 1 atom stereocenters. The highest BCUT2D eigenvalue weighted by atomic mass is 19.1. The van der Waals surface area contributed by atoms with Crippen LogP contribution >= 0.6 is 0 Å². The predicted octanol–water partition coefficient (Wildman–Crippen LogP) is 1.82. The Balaban J connectivity index is 2.01. The fraction of sp³-hybridized carbons (Fsp3) is 0.588. The number of guanidine groups is 1. The van der Waals surface area contributed by atoms with Gasteiger partial charge in [-0.2, -0.15) is 0 Å². The topological polar surface area (TPSA) is 64.1 Å². The van der Waals surface area contributed by atoms with Crippen LogP contribution in [0.3, 0.4) is 0 Å². The van der Waals surface area contributed by atoms with E-state index in [0.29, 0.717) is 26.2 Å². The van der Waals surface area contributed by atoms with Gasteiger partial charge < -0.3 is 24.8 Å². The van der Waals surface area contributed by atoms with E-state index in [-0.39, 0.29) is 18.7 Å². The van der Waals surface area contributed by atoms with Gasteiger partial charge in [-0.1, -0.05) is 0 Å². The summed E-state index contributed by atoms with van der Waals surface area (Å²) in [6.07, 6.45) is 0.593. The smallest absolute Gasteiger partial charge is 0.191 e. The van der Waals surface area contributed by atoms with E-state index in [4.69, 9.17) is 14.2 Å². The lowest BCUT2D eigenvalue weighted by atomic mass is 10.1. The Kier molecular flexibility index (Phi) is 7.27. The van der Waals surface area contributed by atoms with Crippen molar-refractivity contribution in [2.24, 2.45) is 4.99 Å². The Morgan fingerprint density at radius 1 is 1.46 bits per heavy atom. The van der Waals surface area contributed by atoms with Crippen molar-refractivity contribution in [3.63, 3.8) is 0 Å². The van der Waals surface area contributed by atoms with Crippen LogP contribution in [0.25, 0.3) is 0 Å². The Morgan fingerprint density at radius 3 is 3.04 bits per heavy atom. The maximum Gasteiger partial charge on any atom is 0.191 e. The molecule has 0 saturated carbocycles. The highest BCUT2D eigenvalue weighted by Gasteiger charge is 2.16. The average molecular weight is 339 g/mol. The van der Waals surface area contributed by atoms with Crippen LogP contribution in [0.5, 0.6) is 5.75 Å². The van der Waals surface area contributed by atoms with Gasteiger partial charge in [-0.15, -0.1) is 0 Å². The Bertz CT molecular complexity index is 566. The molecule has 1 aliphatic rings. The summed E-state index contributed by atoms with van der Waals surface area (Å²) in [5.74, 6) is 1.17. The molecule has 24 heavy (non-hydrogen) atoms. The fourth-order valence-corrected chi connectivity index (χ4v) is 2.58. The molecular weight excluding hydrogens is 313 g/mol. The molecule has 0 bridgehead atoms. The molecular formula is C17H26FN3O3. The first-order valence-corrected chi connectivity index (χ1v) is 8.19. The number of rotatable bonds is 7. The van der Waals surface area contributed by atoms with Crippen LogP contribution in [0.15, 0.2) is 17.1 Å². The van der Waals surface area contributed by atoms with Gasteiger partial charge in [0.25, 0.3) is 0 Å². The molecule has 0 radical (unpaired) electrons. The molecule has 134 valence electrons. The first-order valence-electron chi connectivity index (χ1n) is 8.19. The molecule has 1 aliphatic heterocycles. The van der Waals surface area contributed by atoms with E-state index < -0.39 is 0 Å². The van der Waals surface area contributed by atoms with E-state index >= 15 is 0 Å². The Morgan fingerprint density at radius 2 is 2.29 bits per heavy atom. The number of hydrogen-bond acceptors (Lipinski definition) is 4. The normalized spacial score (nSPS) is 15.4. The van der Waals surface area contributed by atoms with Crippen LogP contribution in [0.4, 0.5) is 4.39 Å². The first-order chi connectivity index (χ1) is 11.6. The summed E-state index contributed by atoms with van der Waals surface area (Å²) in [6, 6.07) is 3.11. The zero-order valence-corrected chi connectivity index (χ0v) is 14.5. The van der Waals surface area contributed by atoms with Gasteiger partial charge >= 0.3 is 0 Å². The second kappa shape index (κ2) is 9.44. The fourth-order valence-electron chi connectivity index (χ4n) is 2.58. The highest BCUT2D eigenvalue weighted by molar-refractivity contribution is 5.80. The van der Waals surface area contributed by atoms with Gasteiger partial charge in [0.2, 0.25) is 0 Å². The standard InChI is InChI=1S/C17H26FN3O3/c1-4-19-17(21-12(2)9-22-3)20-6-5-13-7-15(18)8-14-10-23-11-24-16(13)14/h7-8,12H,4-6,9-11H2,1-3H3,(H2,19,20,21). The van der Waals surface area contributed by atoms with Gasteiger partial charge in [0, 0.05) is 31.8 Å². The summed E-state index contributed by atoms with van der Waals surface area (Å²) >= 11 is 0. The zero-order chi connectivity index (χ0) is 17.4. The van der Waals surface area contributed by atoms with Crippen molar-refractivity contribution >= 4 is 5.96 Å². The quantitative estimate of drug-likeness (QED) is 0.586. The number of ether oxygens (including phenoxy) is 3. The van der Waals surface area contributed by atoms with Crippen molar-refractivity contribution in [1.29, 1.82) is 0 Å². The molecule has 1 aromatic carbocycles. The first kappa shape index (κ1) is 18.5. The monoisotopic (exact) mass is 339 g/mol. The number of fused-ring (bicyclic) bond motifs is 1. The lowest BCUT2D eigenvalue weighted by Gasteiger charge is -2.21. The molecule has 1 unspecified atom stereocenters. The van der Waals surface area contributed by atoms with Crippen molar-refractivity contribution in [3.05, 3.63) is 29.1 Å². The number of methoxy groups -OCH3 is 1. The zero-order valence-electron chi connectivity index (χ0n) is 14.5. The number of benzene rings is 1. The minimum atomic E-state index is -0.277. The van der Waals surface area contributed by atoms with E-state index in [2.05, 4.69) is 15.6 Å². The maximum absolute atomic E-state index is 13.7. The predicted molar refractivity (Wildman–Crippen MR) is 90.8 cm³/mol. The second-order valence-corrected chi connectivity index (χ2v) is 5.68. The number of halogens is 1. The summed E-state index contributed by atoms with van der Waals surface area (Å²) in [4.78, 5) is 4.54. The van der Waals surface area contributed by atoms with Crippen molar-refractivity contribution in [2.75, 3.05) is 33.6 Å². The Hall–Kier alpha value is -1.86. The molecule has 0 saturated heterocycles. The van der Waals surface area contributed by atoms with E-state index in [1.54, 1.807) is 7.11 Å². The van der Waals surface area contributed by atoms with Gasteiger partial charge in [0.15, 0.2) is 12.8 Å². The third-order valence-corrected chi connectivity index (χ3v) is 3.55. The van der Waals surface area contributed by atoms with E-state index in [1.165, 1.54) is 12.1 Å². The molecule has 0 spiro atoms. The van der Waals surface area contributed by atoms with E-state index in [0.717, 1.165) is 29.4 Å². The number of aliphatic imine (C=N–C) groups is 1. The third-order valence-electron chi connectivity index (χ3n) is 3.55. The molecule has 1 heterocycles. The minimum Gasteiger partial charge on any atom is -0.467 e. The molecule has 2 rings (SSSR count). The highest BCUT2D eigenvalue weighted by Crippen LogP contribution is 2.29. The molecule has 0 aromatic heterocycles. The van der Waals surface area contributed by atoms with Gasteiger partial charge in [-0.3, -0.25) is 4.99 Å². The second-order valence-electron chi connectivity index (χ2n) is 5.68. The summed E-state index contributed by atoms with van der Waals surface area (Å²) in [7, 11) is 1.67. The molecule has 0 aliphatic carbocycles. The van der Waals surface area contributed by atoms with Gasteiger partial charge in [-0.05, 0) is 38.0 Å². The molecule has 1 aromatic rings. The van der Waals surface area contributed by atoms with E-state index in [1.807, 2.05) is 13.8 Å². The van der Waals surface area contributed by atoms with Crippen LogP contribution in [0.1, 0.15) is 25.0 Å². The maximum atomic E-state index is 13.7. The molecule has 6 nitrogen and oxygen atoms in total. The lowest BCUT2D eigenvalue weighted by molar-refractivity contribution is -0.0172. The number of nitrogens with zero attached hydrogens (tertiary/aromatic N) is 1.